The molecule has 13 heavy (non-hydrogen) atoms. The quantitative estimate of drug-likeness (QED) is 0.707. The minimum Gasteiger partial charge on any atom is -0.440 e. The molecule has 1 aromatic heterocycles. The van der Waals surface area contributed by atoms with Gasteiger partial charge in [0, 0.05) is 6.92 Å². The lowest BCUT2D eigenvalue weighted by Gasteiger charge is -1.91. The molecule has 0 saturated carbocycles. The molecule has 0 aliphatic rings. The summed E-state index contributed by atoms with van der Waals surface area (Å²) in [6.07, 6.45) is 0. The van der Waals surface area contributed by atoms with Crippen LogP contribution in [0.2, 0.25) is 0 Å². The third-order valence-corrected chi connectivity index (χ3v) is 2.35. The summed E-state index contributed by atoms with van der Waals surface area (Å²) in [7, 11) is 0. The van der Waals surface area contributed by atoms with Gasteiger partial charge in [-0.05, 0) is 28.1 Å². The van der Waals surface area contributed by atoms with Crippen LogP contribution in [0.3, 0.4) is 0 Å². The van der Waals surface area contributed by atoms with Gasteiger partial charge in [0.2, 0.25) is 0 Å². The maximum Gasteiger partial charge on any atom is 0.192 e. The number of rotatable bonds is 0. The monoisotopic (exact) mass is 236 g/mol. The molecule has 0 spiro atoms. The normalized spacial score (nSPS) is 10.2. The van der Waals surface area contributed by atoms with E-state index in [9.17, 15) is 0 Å². The van der Waals surface area contributed by atoms with Crippen LogP contribution in [0, 0.1) is 18.3 Å². The molecule has 0 fully saturated rings. The molecule has 0 aliphatic carbocycles. The lowest BCUT2D eigenvalue weighted by Crippen LogP contribution is -1.78. The summed E-state index contributed by atoms with van der Waals surface area (Å²) in [6.45, 7) is 1.76. The zero-order chi connectivity index (χ0) is 9.42. The minimum absolute atomic E-state index is 0.537. The van der Waals surface area contributed by atoms with Gasteiger partial charge in [0.1, 0.15) is 11.6 Å². The van der Waals surface area contributed by atoms with Crippen LogP contribution in [0.4, 0.5) is 0 Å². The highest BCUT2D eigenvalue weighted by atomic mass is 79.9. The van der Waals surface area contributed by atoms with Crippen molar-refractivity contribution < 1.29 is 4.42 Å². The van der Waals surface area contributed by atoms with Crippen molar-refractivity contribution in [3.8, 4) is 6.07 Å². The predicted molar refractivity (Wildman–Crippen MR) is 51.2 cm³/mol. The molecule has 0 saturated heterocycles. The summed E-state index contributed by atoms with van der Waals surface area (Å²) in [5.74, 6) is 0.568. The Hall–Kier alpha value is -1.34. The first-order valence-corrected chi connectivity index (χ1v) is 4.47. The highest BCUT2D eigenvalue weighted by molar-refractivity contribution is 9.10. The fourth-order valence-corrected chi connectivity index (χ4v) is 1.57. The second-order valence-corrected chi connectivity index (χ2v) is 3.47. The lowest BCUT2D eigenvalue weighted by atomic mass is 10.2. The number of hydrogen-bond donors (Lipinski definition) is 0. The van der Waals surface area contributed by atoms with E-state index in [2.05, 4.69) is 27.0 Å². The fourth-order valence-electron chi connectivity index (χ4n) is 1.17. The van der Waals surface area contributed by atoms with Crippen LogP contribution in [0.25, 0.3) is 11.1 Å². The van der Waals surface area contributed by atoms with Crippen LogP contribution in [0.5, 0.6) is 0 Å². The number of oxazole rings is 1. The molecule has 0 unspecified atom stereocenters. The first-order valence-electron chi connectivity index (χ1n) is 3.68. The third kappa shape index (κ3) is 1.21. The van der Waals surface area contributed by atoms with E-state index in [0.717, 1.165) is 4.47 Å². The molecule has 0 radical (unpaired) electrons. The van der Waals surface area contributed by atoms with Crippen molar-refractivity contribution in [2.24, 2.45) is 0 Å². The Morgan fingerprint density at radius 3 is 3.00 bits per heavy atom. The Kier molecular flexibility index (Phi) is 1.82. The second-order valence-electron chi connectivity index (χ2n) is 2.62. The van der Waals surface area contributed by atoms with E-state index < -0.39 is 0 Å². The van der Waals surface area contributed by atoms with Crippen molar-refractivity contribution in [3.05, 3.63) is 28.1 Å². The molecule has 2 rings (SSSR count). The summed E-state index contributed by atoms with van der Waals surface area (Å²) in [6, 6.07) is 5.57. The largest absolute Gasteiger partial charge is 0.440 e. The van der Waals surface area contributed by atoms with Gasteiger partial charge >= 0.3 is 0 Å². The Balaban J connectivity index is 2.94. The maximum atomic E-state index is 8.79. The van der Waals surface area contributed by atoms with E-state index in [0.29, 0.717) is 22.6 Å². The van der Waals surface area contributed by atoms with Crippen molar-refractivity contribution in [2.45, 2.75) is 6.92 Å². The Morgan fingerprint density at radius 1 is 1.54 bits per heavy atom. The van der Waals surface area contributed by atoms with Crippen LogP contribution in [0.15, 0.2) is 21.0 Å². The van der Waals surface area contributed by atoms with Crippen molar-refractivity contribution >= 4 is 27.0 Å². The summed E-state index contributed by atoms with van der Waals surface area (Å²) >= 11 is 3.33. The molecular weight excluding hydrogens is 232 g/mol. The standard InChI is InChI=1S/C9H5BrN2O/c1-5-12-8-6(4-11)2-3-7(10)9(8)13-5/h2-3H,1H3. The lowest BCUT2D eigenvalue weighted by molar-refractivity contribution is 0.559. The maximum absolute atomic E-state index is 8.79. The van der Waals surface area contributed by atoms with Crippen molar-refractivity contribution in [3.63, 3.8) is 0 Å². The van der Waals surface area contributed by atoms with Crippen molar-refractivity contribution in [2.75, 3.05) is 0 Å². The number of nitriles is 1. The highest BCUT2D eigenvalue weighted by Crippen LogP contribution is 2.26. The first kappa shape index (κ1) is 8.27. The second kappa shape index (κ2) is 2.86. The molecule has 0 atom stereocenters. The van der Waals surface area contributed by atoms with Gasteiger partial charge in [-0.3, -0.25) is 0 Å². The summed E-state index contributed by atoms with van der Waals surface area (Å²) in [5, 5.41) is 8.79. The molecule has 0 amide bonds. The molecule has 2 aromatic rings. The first-order chi connectivity index (χ1) is 6.22. The van der Waals surface area contributed by atoms with E-state index in [1.165, 1.54) is 0 Å². The van der Waals surface area contributed by atoms with Crippen LogP contribution >= 0.6 is 15.9 Å². The average molecular weight is 237 g/mol. The molecule has 64 valence electrons. The molecule has 1 aromatic carbocycles. The van der Waals surface area contributed by atoms with Crippen LogP contribution < -0.4 is 0 Å². The van der Waals surface area contributed by atoms with Gasteiger partial charge < -0.3 is 4.42 Å². The van der Waals surface area contributed by atoms with E-state index in [1.54, 1.807) is 19.1 Å². The molecule has 1 heterocycles. The van der Waals surface area contributed by atoms with Gasteiger partial charge in [0.25, 0.3) is 0 Å². The molecule has 0 N–H and O–H groups in total. The summed E-state index contributed by atoms with van der Waals surface area (Å²) in [4.78, 5) is 4.13. The Labute approximate surface area is 83.1 Å². The number of nitrogens with zero attached hydrogens (tertiary/aromatic N) is 2. The average Bonchev–Trinajstić information content (AvgIpc) is 2.48. The van der Waals surface area contributed by atoms with E-state index in [1.807, 2.05) is 0 Å². The SMILES string of the molecule is Cc1nc2c(C#N)ccc(Br)c2o1. The van der Waals surface area contributed by atoms with Crippen LogP contribution in [0.1, 0.15) is 11.5 Å². The highest BCUT2D eigenvalue weighted by Gasteiger charge is 2.10. The minimum atomic E-state index is 0.537. The molecule has 3 nitrogen and oxygen atoms in total. The molecule has 4 heteroatoms. The van der Waals surface area contributed by atoms with Crippen LogP contribution in [-0.2, 0) is 0 Å². The summed E-state index contributed by atoms with van der Waals surface area (Å²) < 4.78 is 6.15. The number of aromatic nitrogens is 1. The van der Waals surface area contributed by atoms with Crippen molar-refractivity contribution in [1.29, 1.82) is 5.26 Å². The molecule has 0 aliphatic heterocycles. The molecule has 0 bridgehead atoms. The van der Waals surface area contributed by atoms with Gasteiger partial charge in [0.15, 0.2) is 11.5 Å². The van der Waals surface area contributed by atoms with Crippen LogP contribution in [-0.4, -0.2) is 4.98 Å². The Bertz CT molecular complexity index is 510. The van der Waals surface area contributed by atoms with Gasteiger partial charge in [-0.25, -0.2) is 4.98 Å². The van der Waals surface area contributed by atoms with Gasteiger partial charge in [-0.15, -0.1) is 0 Å². The summed E-state index contributed by atoms with van der Waals surface area (Å²) in [5.41, 5.74) is 1.79. The van der Waals surface area contributed by atoms with Gasteiger partial charge in [-0.1, -0.05) is 0 Å². The number of halogens is 1. The van der Waals surface area contributed by atoms with E-state index in [4.69, 9.17) is 9.68 Å². The van der Waals surface area contributed by atoms with E-state index >= 15 is 0 Å². The molecular formula is C9H5BrN2O. The topological polar surface area (TPSA) is 49.8 Å². The number of benzene rings is 1. The number of aryl methyl sites for hydroxylation is 1. The zero-order valence-corrected chi connectivity index (χ0v) is 8.42. The van der Waals surface area contributed by atoms with Crippen molar-refractivity contribution in [1.82, 2.24) is 4.98 Å². The third-order valence-electron chi connectivity index (χ3n) is 1.72. The number of hydrogen-bond acceptors (Lipinski definition) is 3. The van der Waals surface area contributed by atoms with Gasteiger partial charge in [-0.2, -0.15) is 5.26 Å². The Morgan fingerprint density at radius 2 is 2.31 bits per heavy atom. The van der Waals surface area contributed by atoms with Gasteiger partial charge in [0.05, 0.1) is 10.0 Å². The van der Waals surface area contributed by atoms with E-state index in [-0.39, 0.29) is 0 Å². The zero-order valence-electron chi connectivity index (χ0n) is 6.84. The smallest absolute Gasteiger partial charge is 0.192 e. The number of fused-ring (bicyclic) bond motifs is 1. The fraction of sp³-hybridized carbons (Fsp3) is 0.111. The predicted octanol–water partition coefficient (Wildman–Crippen LogP) is 2.77.